The van der Waals surface area contributed by atoms with Crippen molar-refractivity contribution in [1.82, 2.24) is 4.90 Å². The maximum absolute atomic E-state index is 12.5. The molecule has 3 heterocycles. The molecule has 5 N–H and O–H groups in total. The van der Waals surface area contributed by atoms with E-state index in [1.54, 1.807) is 6.07 Å². The molecule has 0 aromatic heterocycles. The number of rotatable bonds is 13. The lowest BCUT2D eigenvalue weighted by Crippen LogP contribution is -2.38. The van der Waals surface area contributed by atoms with Crippen LogP contribution >= 0.6 is 0 Å². The van der Waals surface area contributed by atoms with Crippen LogP contribution in [0.5, 0.6) is 11.5 Å². The number of hydrogen-bond acceptors (Lipinski definition) is 8. The Morgan fingerprint density at radius 3 is 2.88 bits per heavy atom. The number of phenolic OH excluding ortho intramolecular Hbond substituents is 1. The highest BCUT2D eigenvalue weighted by Crippen LogP contribution is 2.66. The van der Waals surface area contributed by atoms with Gasteiger partial charge in [0.05, 0.1) is 18.4 Å². The van der Waals surface area contributed by atoms with Crippen LogP contribution in [-0.4, -0.2) is 46.0 Å². The minimum atomic E-state index is -0.568. The van der Waals surface area contributed by atoms with E-state index in [4.69, 9.17) is 15.5 Å². The van der Waals surface area contributed by atoms with Gasteiger partial charge in [-0.25, -0.2) is 0 Å². The molecule has 3 aromatic carbocycles. The lowest BCUT2D eigenvalue weighted by molar-refractivity contribution is -0.121. The monoisotopic (exact) mass is 658 g/mol. The van der Waals surface area contributed by atoms with Crippen LogP contribution in [0.3, 0.4) is 0 Å². The quantitative estimate of drug-likeness (QED) is 0.142. The highest BCUT2D eigenvalue weighted by molar-refractivity contribution is 6.10. The van der Waals surface area contributed by atoms with Crippen LogP contribution < -0.4 is 15.8 Å². The van der Waals surface area contributed by atoms with Crippen molar-refractivity contribution in [3.05, 3.63) is 100 Å². The fourth-order valence-corrected chi connectivity index (χ4v) is 9.13. The van der Waals surface area contributed by atoms with Crippen molar-refractivity contribution < 1.29 is 19.7 Å². The zero-order chi connectivity index (χ0) is 33.7. The van der Waals surface area contributed by atoms with Gasteiger partial charge in [-0.1, -0.05) is 69.0 Å². The molecule has 0 bridgehead atoms. The van der Waals surface area contributed by atoms with E-state index in [2.05, 4.69) is 65.9 Å². The second-order valence-corrected chi connectivity index (χ2v) is 14.5. The lowest BCUT2D eigenvalue weighted by Gasteiger charge is -2.46. The van der Waals surface area contributed by atoms with Crippen molar-refractivity contribution in [3.8, 4) is 22.6 Å². The molecule has 8 heteroatoms. The number of phenols is 1. The zero-order valence-electron chi connectivity index (χ0n) is 28.3. The van der Waals surface area contributed by atoms with E-state index in [-0.39, 0.29) is 36.3 Å². The molecule has 4 atom stereocenters. The van der Waals surface area contributed by atoms with Crippen molar-refractivity contribution in [3.63, 3.8) is 0 Å². The Hall–Kier alpha value is -4.40. The number of carbonyl (C=O) groups excluding carboxylic acids is 1. The Kier molecular flexibility index (Phi) is 8.32. The number of aliphatic hydroxyl groups is 1. The van der Waals surface area contributed by atoms with E-state index in [0.29, 0.717) is 37.5 Å². The predicted octanol–water partition coefficient (Wildman–Crippen LogP) is 7.37. The summed E-state index contributed by atoms with van der Waals surface area (Å²) in [5, 5.41) is 24.4. The average Bonchev–Trinajstić information content (AvgIpc) is 3.82. The molecule has 3 aromatic rings. The molecule has 8 rings (SSSR count). The number of aryl methyl sites for hydroxylation is 1. The van der Waals surface area contributed by atoms with Crippen molar-refractivity contribution in [2.24, 2.45) is 10.7 Å². The fourth-order valence-electron chi connectivity index (χ4n) is 9.13. The number of allylic oxidation sites excluding steroid dienone is 1. The van der Waals surface area contributed by atoms with Gasteiger partial charge >= 0.3 is 0 Å². The van der Waals surface area contributed by atoms with Crippen molar-refractivity contribution in [2.45, 2.75) is 94.7 Å². The number of nitrogens with one attached hydrogen (secondary N) is 1. The molecule has 8 nitrogen and oxygen atoms in total. The number of hydrogen-bond donors (Lipinski definition) is 4. The molecule has 49 heavy (non-hydrogen) atoms. The topological polar surface area (TPSA) is 120 Å². The summed E-state index contributed by atoms with van der Waals surface area (Å²) in [6.45, 7) is 3.02. The summed E-state index contributed by atoms with van der Waals surface area (Å²) in [5.41, 5.74) is 18.6. The smallest absolute Gasteiger partial charge is 0.163 e. The number of anilines is 1. The van der Waals surface area contributed by atoms with Gasteiger partial charge in [0.15, 0.2) is 18.2 Å². The van der Waals surface area contributed by atoms with Crippen LogP contribution in [0.25, 0.3) is 11.1 Å². The largest absolute Gasteiger partial charge is 0.504 e. The lowest BCUT2D eigenvalue weighted by atomic mass is 9.57. The van der Waals surface area contributed by atoms with E-state index >= 15 is 0 Å². The number of nitrogens with zero attached hydrogens (tertiary/aromatic N) is 2. The standard InChI is InChI=1S/C41H46N4O4/c1-2-3-4-8-26(46)20-27(47)16-14-25-15-17-36(48)37(19-25)49-24-45-22-30-33(21-43-35(30)23-45)41-18-7-12-31(41)28-9-6-13-34-39(28)38-29(40(42)44-34)10-5-11-32(38)41/h5-6,9-11,13,15,17,19,21-22,26,31,40,44,46,48H,2-4,7-8,12,14,16,18,20,23-24,42H2,1H3. The third kappa shape index (κ3) is 5.46. The third-order valence-corrected chi connectivity index (χ3v) is 11.4. The number of aliphatic hydroxyl groups excluding tert-OH is 1. The minimum Gasteiger partial charge on any atom is -0.504 e. The van der Waals surface area contributed by atoms with Crippen LogP contribution in [0.15, 0.2) is 83.1 Å². The summed E-state index contributed by atoms with van der Waals surface area (Å²) in [6, 6.07) is 18.6. The first-order valence-electron chi connectivity index (χ1n) is 18.0. The molecule has 3 aliphatic heterocycles. The van der Waals surface area contributed by atoms with Gasteiger partial charge < -0.3 is 30.9 Å². The number of aromatic hydroxyl groups is 1. The Morgan fingerprint density at radius 1 is 1.14 bits per heavy atom. The van der Waals surface area contributed by atoms with Gasteiger partial charge in [-0.3, -0.25) is 9.79 Å². The Balaban J connectivity index is 0.987. The van der Waals surface area contributed by atoms with Crippen LogP contribution in [0.1, 0.15) is 99.0 Å². The fraction of sp³-hybridized carbons (Fsp3) is 0.415. The SMILES string of the molecule is CCCCCC(O)CC(=O)CCc1ccc(O)c(OCN2C=C3C(C45CCCC4c4cccc6c4-c4c(cccc45)C(N)N6)=CN=C3C2)c1. The van der Waals surface area contributed by atoms with E-state index in [9.17, 15) is 15.0 Å². The molecule has 1 fully saturated rings. The maximum atomic E-state index is 12.5. The molecule has 5 aliphatic rings. The summed E-state index contributed by atoms with van der Waals surface area (Å²) in [4.78, 5) is 19.6. The molecule has 0 saturated heterocycles. The van der Waals surface area contributed by atoms with Gasteiger partial charge in [-0.05, 0) is 83.2 Å². The van der Waals surface area contributed by atoms with Crippen LogP contribution in [0.2, 0.25) is 0 Å². The number of benzene rings is 3. The van der Waals surface area contributed by atoms with Gasteiger partial charge in [-0.15, -0.1) is 0 Å². The molecular weight excluding hydrogens is 612 g/mol. The van der Waals surface area contributed by atoms with Gasteiger partial charge in [0.1, 0.15) is 11.9 Å². The number of fused-ring (bicyclic) bond motifs is 4. The third-order valence-electron chi connectivity index (χ3n) is 11.4. The summed E-state index contributed by atoms with van der Waals surface area (Å²) in [5.74, 6) is 0.874. The summed E-state index contributed by atoms with van der Waals surface area (Å²) >= 11 is 0. The Morgan fingerprint density at radius 2 is 2.00 bits per heavy atom. The molecule has 0 amide bonds. The normalized spacial score (nSPS) is 23.2. The van der Waals surface area contributed by atoms with Gasteiger partial charge in [0.2, 0.25) is 0 Å². The summed E-state index contributed by atoms with van der Waals surface area (Å²) in [6.07, 6.45) is 11.7. The highest BCUT2D eigenvalue weighted by Gasteiger charge is 2.55. The molecule has 4 unspecified atom stereocenters. The number of Topliss-reactive ketones (excluding diaryl/α,β-unsaturated/α-hetero) is 1. The number of unbranched alkanes of at least 4 members (excludes halogenated alkanes) is 2. The molecule has 2 aliphatic carbocycles. The Labute approximate surface area is 288 Å². The van der Waals surface area contributed by atoms with Gasteiger partial charge in [0.25, 0.3) is 0 Å². The van der Waals surface area contributed by atoms with Crippen molar-refractivity contribution in [2.75, 3.05) is 18.6 Å². The average molecular weight is 659 g/mol. The first-order chi connectivity index (χ1) is 23.9. The van der Waals surface area contributed by atoms with Crippen molar-refractivity contribution in [1.29, 1.82) is 0 Å². The van der Waals surface area contributed by atoms with E-state index in [1.807, 2.05) is 12.1 Å². The Bertz CT molecular complexity index is 1900. The maximum Gasteiger partial charge on any atom is 0.163 e. The highest BCUT2D eigenvalue weighted by atomic mass is 16.5. The van der Waals surface area contributed by atoms with E-state index in [0.717, 1.165) is 61.1 Å². The second-order valence-electron chi connectivity index (χ2n) is 14.5. The minimum absolute atomic E-state index is 0.0563. The second kappa shape index (κ2) is 12.8. The molecule has 254 valence electrons. The van der Waals surface area contributed by atoms with Crippen LogP contribution in [0.4, 0.5) is 5.69 Å². The van der Waals surface area contributed by atoms with Gasteiger partial charge in [-0.2, -0.15) is 0 Å². The zero-order valence-corrected chi connectivity index (χ0v) is 28.3. The van der Waals surface area contributed by atoms with Gasteiger partial charge in [0, 0.05) is 47.5 Å². The molecule has 0 spiro atoms. The molecule has 1 saturated carbocycles. The summed E-state index contributed by atoms with van der Waals surface area (Å²) in [7, 11) is 0. The molecular formula is C41H46N4O4. The van der Waals surface area contributed by atoms with E-state index in [1.165, 1.54) is 33.4 Å². The van der Waals surface area contributed by atoms with Crippen LogP contribution in [0, 0.1) is 0 Å². The first-order valence-corrected chi connectivity index (χ1v) is 18.0. The summed E-state index contributed by atoms with van der Waals surface area (Å²) < 4.78 is 6.18. The predicted molar refractivity (Wildman–Crippen MR) is 193 cm³/mol. The molecule has 0 radical (unpaired) electrons. The number of nitrogens with two attached hydrogens (primary N) is 1. The number of carbonyl (C=O) groups is 1. The number of aliphatic imine (C=N–C) groups is 1. The van der Waals surface area contributed by atoms with Crippen molar-refractivity contribution >= 4 is 17.2 Å². The number of ether oxygens (including phenoxy) is 1. The van der Waals surface area contributed by atoms with Crippen LogP contribution in [-0.2, 0) is 16.6 Å². The van der Waals surface area contributed by atoms with E-state index < -0.39 is 6.10 Å². The first kappa shape index (κ1) is 31.8. The number of ketones is 1.